The van der Waals surface area contributed by atoms with Crippen LogP contribution in [0, 0.1) is 6.92 Å². The average molecular weight is 284 g/mol. The van der Waals surface area contributed by atoms with Gasteiger partial charge in [-0.3, -0.25) is 4.68 Å². The van der Waals surface area contributed by atoms with Gasteiger partial charge in [-0.1, -0.05) is 12.1 Å². The Hall–Kier alpha value is -2.31. The van der Waals surface area contributed by atoms with Crippen molar-refractivity contribution in [3.63, 3.8) is 0 Å². The number of hydrogen-bond donors (Lipinski definition) is 1. The average Bonchev–Trinajstić information content (AvgIpc) is 2.71. The maximum atomic E-state index is 12.5. The lowest BCUT2D eigenvalue weighted by Crippen LogP contribution is -2.09. The Kier molecular flexibility index (Phi) is 3.52. The molecule has 7 heteroatoms. The van der Waals surface area contributed by atoms with Crippen LogP contribution in [0.25, 0.3) is 0 Å². The molecule has 0 saturated heterocycles. The Morgan fingerprint density at radius 1 is 1.35 bits per heavy atom. The van der Waals surface area contributed by atoms with Gasteiger partial charge in [0.15, 0.2) is 5.69 Å². The Morgan fingerprint density at radius 3 is 2.60 bits per heavy atom. The van der Waals surface area contributed by atoms with Gasteiger partial charge in [-0.15, -0.1) is 0 Å². The molecule has 0 aliphatic heterocycles. The van der Waals surface area contributed by atoms with Crippen LogP contribution in [0.3, 0.4) is 0 Å². The van der Waals surface area contributed by atoms with Crippen molar-refractivity contribution in [2.45, 2.75) is 19.6 Å². The first-order valence-corrected chi connectivity index (χ1v) is 5.71. The number of alkyl halides is 3. The van der Waals surface area contributed by atoms with Gasteiger partial charge in [0.25, 0.3) is 0 Å². The molecule has 0 spiro atoms. The zero-order valence-electron chi connectivity index (χ0n) is 10.5. The minimum Gasteiger partial charge on any atom is -0.478 e. The Morgan fingerprint density at radius 2 is 2.05 bits per heavy atom. The molecular weight excluding hydrogens is 273 g/mol. The fourth-order valence-corrected chi connectivity index (χ4v) is 1.78. The summed E-state index contributed by atoms with van der Waals surface area (Å²) in [5.74, 6) is -1.08. The van der Waals surface area contributed by atoms with Gasteiger partial charge < -0.3 is 5.11 Å². The van der Waals surface area contributed by atoms with Gasteiger partial charge in [0.05, 0.1) is 12.1 Å². The Bertz CT molecular complexity index is 647. The lowest BCUT2D eigenvalue weighted by molar-refractivity contribution is -0.141. The molecule has 2 aromatic rings. The highest BCUT2D eigenvalue weighted by Gasteiger charge is 2.34. The zero-order chi connectivity index (χ0) is 14.9. The number of carboxylic acid groups (broad SMARTS) is 1. The topological polar surface area (TPSA) is 55.1 Å². The van der Waals surface area contributed by atoms with Crippen LogP contribution in [0.15, 0.2) is 30.3 Å². The van der Waals surface area contributed by atoms with Crippen LogP contribution in [0.2, 0.25) is 0 Å². The second kappa shape index (κ2) is 4.99. The predicted molar refractivity (Wildman–Crippen MR) is 64.5 cm³/mol. The fraction of sp³-hybridized carbons (Fsp3) is 0.231. The van der Waals surface area contributed by atoms with E-state index in [1.807, 2.05) is 0 Å². The lowest BCUT2D eigenvalue weighted by Gasteiger charge is -2.06. The zero-order valence-corrected chi connectivity index (χ0v) is 10.5. The molecule has 0 bridgehead atoms. The highest BCUT2D eigenvalue weighted by molar-refractivity contribution is 5.87. The number of hydrogen-bond acceptors (Lipinski definition) is 2. The molecule has 0 aliphatic carbocycles. The van der Waals surface area contributed by atoms with Crippen molar-refractivity contribution in [3.8, 4) is 0 Å². The van der Waals surface area contributed by atoms with Crippen LogP contribution in [-0.2, 0) is 12.7 Å². The van der Waals surface area contributed by atoms with Crippen LogP contribution in [0.4, 0.5) is 13.2 Å². The smallest absolute Gasteiger partial charge is 0.435 e. The first-order valence-electron chi connectivity index (χ1n) is 5.71. The summed E-state index contributed by atoms with van der Waals surface area (Å²) in [5, 5.41) is 12.4. The molecule has 1 N–H and O–H groups in total. The van der Waals surface area contributed by atoms with Gasteiger partial charge in [0.2, 0.25) is 0 Å². The van der Waals surface area contributed by atoms with E-state index in [9.17, 15) is 18.0 Å². The third kappa shape index (κ3) is 2.98. The Balaban J connectivity index is 2.28. The number of aromatic nitrogens is 2. The first-order chi connectivity index (χ1) is 9.27. The molecule has 0 saturated carbocycles. The monoisotopic (exact) mass is 284 g/mol. The highest BCUT2D eigenvalue weighted by atomic mass is 19.4. The van der Waals surface area contributed by atoms with Crippen LogP contribution >= 0.6 is 0 Å². The highest BCUT2D eigenvalue weighted by Crippen LogP contribution is 2.28. The van der Waals surface area contributed by atoms with E-state index < -0.39 is 17.8 Å². The van der Waals surface area contributed by atoms with Crippen molar-refractivity contribution in [1.29, 1.82) is 0 Å². The normalized spacial score (nSPS) is 11.6. The summed E-state index contributed by atoms with van der Waals surface area (Å²) in [6.45, 7) is 1.60. The molecule has 106 valence electrons. The lowest BCUT2D eigenvalue weighted by atomic mass is 10.1. The van der Waals surface area contributed by atoms with Gasteiger partial charge >= 0.3 is 12.1 Å². The van der Waals surface area contributed by atoms with Crippen molar-refractivity contribution < 1.29 is 23.1 Å². The third-order valence-electron chi connectivity index (χ3n) is 2.78. The second-order valence-electron chi connectivity index (χ2n) is 4.33. The molecule has 4 nitrogen and oxygen atoms in total. The number of carboxylic acids is 1. The van der Waals surface area contributed by atoms with Crippen molar-refractivity contribution in [3.05, 3.63) is 52.8 Å². The summed E-state index contributed by atoms with van der Waals surface area (Å²) in [5.41, 5.74) is 0.0654. The number of halogens is 3. The summed E-state index contributed by atoms with van der Waals surface area (Å²) in [6, 6.07) is 6.98. The van der Waals surface area contributed by atoms with Crippen molar-refractivity contribution >= 4 is 5.97 Å². The minimum atomic E-state index is -4.49. The van der Waals surface area contributed by atoms with Crippen LogP contribution < -0.4 is 0 Å². The number of aromatic carboxylic acids is 1. The van der Waals surface area contributed by atoms with E-state index in [2.05, 4.69) is 5.10 Å². The van der Waals surface area contributed by atoms with Gasteiger partial charge in [-0.2, -0.15) is 18.3 Å². The van der Waals surface area contributed by atoms with Crippen LogP contribution in [0.5, 0.6) is 0 Å². The fourth-order valence-electron chi connectivity index (χ4n) is 1.78. The van der Waals surface area contributed by atoms with E-state index >= 15 is 0 Å². The summed E-state index contributed by atoms with van der Waals surface area (Å²) < 4.78 is 38.8. The van der Waals surface area contributed by atoms with Gasteiger partial charge in [-0.05, 0) is 30.7 Å². The number of aryl methyl sites for hydroxylation is 1. The Labute approximate surface area is 112 Å². The van der Waals surface area contributed by atoms with E-state index in [0.29, 0.717) is 11.3 Å². The standard InChI is InChI=1S/C13H11F3N2O2/c1-8-5-11(13(14,15)16)17-18(8)7-9-3-2-4-10(6-9)12(19)20/h2-6H,7H2,1H3,(H,19,20). The molecule has 2 rings (SSSR count). The molecule has 1 aromatic heterocycles. The van der Waals surface area contributed by atoms with Gasteiger partial charge in [0, 0.05) is 5.69 Å². The number of carbonyl (C=O) groups is 1. The molecule has 0 radical (unpaired) electrons. The van der Waals surface area contributed by atoms with Crippen LogP contribution in [-0.4, -0.2) is 20.9 Å². The second-order valence-corrected chi connectivity index (χ2v) is 4.33. The molecule has 1 heterocycles. The number of benzene rings is 1. The van der Waals surface area contributed by atoms with Gasteiger partial charge in [-0.25, -0.2) is 4.79 Å². The van der Waals surface area contributed by atoms with Crippen LogP contribution in [0.1, 0.15) is 27.3 Å². The molecule has 0 unspecified atom stereocenters. The number of rotatable bonds is 3. The largest absolute Gasteiger partial charge is 0.478 e. The molecule has 20 heavy (non-hydrogen) atoms. The molecule has 0 fully saturated rings. The maximum Gasteiger partial charge on any atom is 0.435 e. The summed E-state index contributed by atoms with van der Waals surface area (Å²) in [7, 11) is 0. The third-order valence-corrected chi connectivity index (χ3v) is 2.78. The van der Waals surface area contributed by atoms with Crippen molar-refractivity contribution in [2.75, 3.05) is 0 Å². The summed E-state index contributed by atoms with van der Waals surface area (Å²) >= 11 is 0. The molecule has 0 aliphatic rings. The van der Waals surface area contributed by atoms with E-state index in [0.717, 1.165) is 6.07 Å². The van der Waals surface area contributed by atoms with E-state index in [1.165, 1.54) is 23.7 Å². The summed E-state index contributed by atoms with van der Waals surface area (Å²) in [4.78, 5) is 10.8. The number of nitrogens with zero attached hydrogens (tertiary/aromatic N) is 2. The molecule has 1 aromatic carbocycles. The van der Waals surface area contributed by atoms with Crippen molar-refractivity contribution in [1.82, 2.24) is 9.78 Å². The van der Waals surface area contributed by atoms with Gasteiger partial charge in [0.1, 0.15) is 0 Å². The predicted octanol–water partition coefficient (Wildman–Crippen LogP) is 2.96. The first kappa shape index (κ1) is 14.1. The SMILES string of the molecule is Cc1cc(C(F)(F)F)nn1Cc1cccc(C(=O)O)c1. The van der Waals surface area contributed by atoms with E-state index in [4.69, 9.17) is 5.11 Å². The minimum absolute atomic E-state index is 0.0863. The molecule has 0 amide bonds. The molecular formula is C13H11F3N2O2. The quantitative estimate of drug-likeness (QED) is 0.942. The summed E-state index contributed by atoms with van der Waals surface area (Å²) in [6.07, 6.45) is -4.49. The van der Waals surface area contributed by atoms with E-state index in [-0.39, 0.29) is 12.1 Å². The molecule has 0 atom stereocenters. The van der Waals surface area contributed by atoms with Crippen molar-refractivity contribution in [2.24, 2.45) is 0 Å². The van der Waals surface area contributed by atoms with E-state index in [1.54, 1.807) is 12.1 Å². The maximum absolute atomic E-state index is 12.5.